The third kappa shape index (κ3) is 3.15. The molecule has 0 atom stereocenters. The molecule has 0 aliphatic carbocycles. The number of thiazole rings is 1. The van der Waals surface area contributed by atoms with E-state index in [-0.39, 0.29) is 6.03 Å². The number of aromatic nitrogens is 3. The van der Waals surface area contributed by atoms with Gasteiger partial charge in [-0.2, -0.15) is 5.10 Å². The number of anilines is 2. The number of benzene rings is 1. The molecule has 2 aromatic heterocycles. The molecule has 6 nitrogen and oxygen atoms in total. The monoisotopic (exact) mass is 313 g/mol. The second kappa shape index (κ2) is 5.98. The SMILES string of the molecule is Cc1cc(NC(=O)Nc2ncc(C)s2)n(-c2ccccc2)n1. The molecule has 0 spiro atoms. The highest BCUT2D eigenvalue weighted by atomic mass is 32.1. The molecule has 22 heavy (non-hydrogen) atoms. The number of carbonyl (C=O) groups excluding carboxylic acids is 1. The zero-order valence-corrected chi connectivity index (χ0v) is 13.0. The number of urea groups is 1. The maximum absolute atomic E-state index is 12.1. The summed E-state index contributed by atoms with van der Waals surface area (Å²) in [5, 5.41) is 10.5. The van der Waals surface area contributed by atoms with E-state index < -0.39 is 0 Å². The summed E-state index contributed by atoms with van der Waals surface area (Å²) in [6, 6.07) is 11.1. The number of nitrogens with one attached hydrogen (secondary N) is 2. The normalized spacial score (nSPS) is 10.5. The van der Waals surface area contributed by atoms with Crippen molar-refractivity contribution in [1.82, 2.24) is 14.8 Å². The summed E-state index contributed by atoms with van der Waals surface area (Å²) in [7, 11) is 0. The van der Waals surface area contributed by atoms with E-state index >= 15 is 0 Å². The fraction of sp³-hybridized carbons (Fsp3) is 0.133. The second-order valence-corrected chi connectivity index (χ2v) is 6.01. The van der Waals surface area contributed by atoms with Crippen molar-refractivity contribution in [2.45, 2.75) is 13.8 Å². The van der Waals surface area contributed by atoms with Crippen LogP contribution in [-0.2, 0) is 0 Å². The van der Waals surface area contributed by atoms with Gasteiger partial charge in [0.15, 0.2) is 5.13 Å². The summed E-state index contributed by atoms with van der Waals surface area (Å²) in [6.07, 6.45) is 1.72. The van der Waals surface area contributed by atoms with Crippen molar-refractivity contribution < 1.29 is 4.79 Å². The smallest absolute Gasteiger partial charge is 0.292 e. The number of nitrogens with zero attached hydrogens (tertiary/aromatic N) is 3. The minimum Gasteiger partial charge on any atom is -0.292 e. The molecule has 0 aliphatic heterocycles. The molecular formula is C15H15N5OS. The topological polar surface area (TPSA) is 71.8 Å². The molecule has 112 valence electrons. The fourth-order valence-corrected chi connectivity index (χ4v) is 2.67. The van der Waals surface area contributed by atoms with Gasteiger partial charge in [-0.05, 0) is 26.0 Å². The molecule has 0 saturated carbocycles. The van der Waals surface area contributed by atoms with Crippen LogP contribution in [0.15, 0.2) is 42.6 Å². The van der Waals surface area contributed by atoms with Gasteiger partial charge < -0.3 is 0 Å². The Balaban J connectivity index is 1.79. The Bertz CT molecular complexity index is 793. The Morgan fingerprint density at radius 3 is 2.64 bits per heavy atom. The first-order chi connectivity index (χ1) is 10.6. The molecule has 0 bridgehead atoms. The molecule has 0 saturated heterocycles. The minimum atomic E-state index is -0.341. The molecule has 3 aromatic rings. The average Bonchev–Trinajstić information content (AvgIpc) is 3.06. The van der Waals surface area contributed by atoms with Crippen molar-refractivity contribution in [2.75, 3.05) is 10.6 Å². The Morgan fingerprint density at radius 1 is 1.18 bits per heavy atom. The Labute approximate surface area is 131 Å². The van der Waals surface area contributed by atoms with E-state index in [9.17, 15) is 4.79 Å². The van der Waals surface area contributed by atoms with Crippen molar-refractivity contribution >= 4 is 28.3 Å². The standard InChI is InChI=1S/C15H15N5OS/c1-10-8-13(20(19-10)12-6-4-3-5-7-12)17-14(21)18-15-16-9-11(2)22-15/h3-9H,1-2H3,(H2,16,17,18,21). The van der Waals surface area contributed by atoms with Crippen LogP contribution in [0.25, 0.3) is 5.69 Å². The Hall–Kier alpha value is -2.67. The van der Waals surface area contributed by atoms with Gasteiger partial charge in [0.1, 0.15) is 5.82 Å². The molecule has 0 aliphatic rings. The second-order valence-electron chi connectivity index (χ2n) is 4.77. The molecule has 2 heterocycles. The van der Waals surface area contributed by atoms with E-state index in [1.54, 1.807) is 10.9 Å². The molecule has 0 radical (unpaired) electrons. The molecule has 0 unspecified atom stereocenters. The van der Waals surface area contributed by atoms with Crippen LogP contribution in [0.1, 0.15) is 10.6 Å². The molecule has 1 aromatic carbocycles. The summed E-state index contributed by atoms with van der Waals surface area (Å²) in [5.74, 6) is 0.606. The highest BCUT2D eigenvalue weighted by Gasteiger charge is 2.11. The summed E-state index contributed by atoms with van der Waals surface area (Å²) in [5.41, 5.74) is 1.71. The first-order valence-electron chi connectivity index (χ1n) is 6.74. The highest BCUT2D eigenvalue weighted by molar-refractivity contribution is 7.15. The number of rotatable bonds is 3. The lowest BCUT2D eigenvalue weighted by molar-refractivity contribution is 0.262. The summed E-state index contributed by atoms with van der Waals surface area (Å²) >= 11 is 1.43. The highest BCUT2D eigenvalue weighted by Crippen LogP contribution is 2.19. The first-order valence-corrected chi connectivity index (χ1v) is 7.56. The minimum absolute atomic E-state index is 0.341. The van der Waals surface area contributed by atoms with Gasteiger partial charge in [0, 0.05) is 17.1 Å². The van der Waals surface area contributed by atoms with Gasteiger partial charge in [0.2, 0.25) is 0 Å². The van der Waals surface area contributed by atoms with Crippen LogP contribution in [0.2, 0.25) is 0 Å². The molecule has 7 heteroatoms. The zero-order valence-electron chi connectivity index (χ0n) is 12.2. The van der Waals surface area contributed by atoms with E-state index in [1.165, 1.54) is 11.3 Å². The predicted molar refractivity (Wildman–Crippen MR) is 87.8 cm³/mol. The number of carbonyl (C=O) groups is 1. The van der Waals surface area contributed by atoms with Gasteiger partial charge >= 0.3 is 6.03 Å². The number of aryl methyl sites for hydroxylation is 2. The first kappa shape index (κ1) is 14.3. The third-order valence-corrected chi connectivity index (χ3v) is 3.74. The van der Waals surface area contributed by atoms with E-state index in [0.29, 0.717) is 10.9 Å². The van der Waals surface area contributed by atoms with Crippen LogP contribution in [0.4, 0.5) is 15.7 Å². The summed E-state index contributed by atoms with van der Waals surface area (Å²) < 4.78 is 1.70. The van der Waals surface area contributed by atoms with Crippen molar-refractivity contribution in [1.29, 1.82) is 0 Å². The molecular weight excluding hydrogens is 298 g/mol. The lowest BCUT2D eigenvalue weighted by Gasteiger charge is -2.08. The fourth-order valence-electron chi connectivity index (χ4n) is 2.01. The van der Waals surface area contributed by atoms with Gasteiger partial charge in [-0.1, -0.05) is 18.2 Å². The largest absolute Gasteiger partial charge is 0.326 e. The number of hydrogen-bond donors (Lipinski definition) is 2. The van der Waals surface area contributed by atoms with Crippen LogP contribution in [0.3, 0.4) is 0 Å². The van der Waals surface area contributed by atoms with Gasteiger partial charge in [0.05, 0.1) is 11.4 Å². The Kier molecular flexibility index (Phi) is 3.88. The van der Waals surface area contributed by atoms with Crippen LogP contribution in [-0.4, -0.2) is 20.8 Å². The maximum atomic E-state index is 12.1. The van der Waals surface area contributed by atoms with Gasteiger partial charge in [-0.25, -0.2) is 14.5 Å². The van der Waals surface area contributed by atoms with Crippen LogP contribution in [0.5, 0.6) is 0 Å². The predicted octanol–water partition coefficient (Wildman–Crippen LogP) is 3.59. The van der Waals surface area contributed by atoms with Crippen LogP contribution >= 0.6 is 11.3 Å². The van der Waals surface area contributed by atoms with E-state index in [0.717, 1.165) is 16.3 Å². The van der Waals surface area contributed by atoms with Crippen molar-refractivity contribution in [3.8, 4) is 5.69 Å². The molecule has 2 N–H and O–H groups in total. The van der Waals surface area contributed by atoms with E-state index in [1.807, 2.05) is 50.2 Å². The number of hydrogen-bond acceptors (Lipinski definition) is 4. The van der Waals surface area contributed by atoms with Gasteiger partial charge in [-0.15, -0.1) is 11.3 Å². The lowest BCUT2D eigenvalue weighted by atomic mass is 10.3. The zero-order chi connectivity index (χ0) is 15.5. The molecule has 2 amide bonds. The van der Waals surface area contributed by atoms with E-state index in [2.05, 4.69) is 20.7 Å². The quantitative estimate of drug-likeness (QED) is 0.776. The summed E-state index contributed by atoms with van der Waals surface area (Å²) in [4.78, 5) is 17.2. The average molecular weight is 313 g/mol. The van der Waals surface area contributed by atoms with Crippen molar-refractivity contribution in [3.63, 3.8) is 0 Å². The van der Waals surface area contributed by atoms with Crippen LogP contribution in [0, 0.1) is 13.8 Å². The Morgan fingerprint density at radius 2 is 1.95 bits per heavy atom. The molecule has 3 rings (SSSR count). The lowest BCUT2D eigenvalue weighted by Crippen LogP contribution is -2.21. The summed E-state index contributed by atoms with van der Waals surface area (Å²) in [6.45, 7) is 3.82. The number of para-hydroxylation sites is 1. The van der Waals surface area contributed by atoms with Gasteiger partial charge in [-0.3, -0.25) is 10.6 Å². The van der Waals surface area contributed by atoms with Crippen molar-refractivity contribution in [3.05, 3.63) is 53.2 Å². The third-order valence-electron chi connectivity index (χ3n) is 2.92. The van der Waals surface area contributed by atoms with Gasteiger partial charge in [0.25, 0.3) is 0 Å². The molecule has 0 fully saturated rings. The van der Waals surface area contributed by atoms with Crippen molar-refractivity contribution in [2.24, 2.45) is 0 Å². The number of amides is 2. The van der Waals surface area contributed by atoms with E-state index in [4.69, 9.17) is 0 Å². The van der Waals surface area contributed by atoms with Crippen LogP contribution < -0.4 is 10.6 Å². The maximum Gasteiger partial charge on any atom is 0.326 e.